The normalized spacial score (nSPS) is 11.7. The summed E-state index contributed by atoms with van der Waals surface area (Å²) in [6.45, 7) is 5.62. The van der Waals surface area contributed by atoms with Gasteiger partial charge in [-0.25, -0.2) is 0 Å². The highest BCUT2D eigenvalue weighted by atomic mass is 35.5. The number of amides is 2. The SMILES string of the molecule is Cc1ccccc1OCC(=O)N(Cc1ccc(Cl)cc1Cl)[C@H](Cc1ccccc1)C(=O)NC(C)C. The molecule has 3 rings (SSSR count). The summed E-state index contributed by atoms with van der Waals surface area (Å²) in [4.78, 5) is 28.5. The van der Waals surface area contributed by atoms with Crippen LogP contribution in [0.25, 0.3) is 0 Å². The second-order valence-corrected chi connectivity index (χ2v) is 9.52. The van der Waals surface area contributed by atoms with E-state index in [1.165, 1.54) is 4.90 Å². The summed E-state index contributed by atoms with van der Waals surface area (Å²) in [7, 11) is 0. The van der Waals surface area contributed by atoms with Gasteiger partial charge < -0.3 is 15.0 Å². The van der Waals surface area contributed by atoms with E-state index in [4.69, 9.17) is 27.9 Å². The van der Waals surface area contributed by atoms with Gasteiger partial charge in [0.1, 0.15) is 11.8 Å². The monoisotopic (exact) mass is 512 g/mol. The number of rotatable bonds is 10. The third-order valence-corrected chi connectivity index (χ3v) is 6.09. The van der Waals surface area contributed by atoms with E-state index < -0.39 is 6.04 Å². The molecule has 1 N–H and O–H groups in total. The third-order valence-electron chi connectivity index (χ3n) is 5.50. The Balaban J connectivity index is 1.95. The number of hydrogen-bond donors (Lipinski definition) is 1. The van der Waals surface area contributed by atoms with Crippen LogP contribution in [0.5, 0.6) is 5.75 Å². The molecular formula is C28H30Cl2N2O3. The molecule has 7 heteroatoms. The van der Waals surface area contributed by atoms with Crippen molar-refractivity contribution < 1.29 is 14.3 Å². The highest BCUT2D eigenvalue weighted by Crippen LogP contribution is 2.24. The first-order chi connectivity index (χ1) is 16.7. The van der Waals surface area contributed by atoms with Gasteiger partial charge in [0.05, 0.1) is 0 Å². The molecule has 1 atom stereocenters. The van der Waals surface area contributed by atoms with Gasteiger partial charge in [0, 0.05) is 29.1 Å². The van der Waals surface area contributed by atoms with E-state index >= 15 is 0 Å². The number of hydrogen-bond acceptors (Lipinski definition) is 3. The Labute approximate surface area is 217 Å². The molecular weight excluding hydrogens is 483 g/mol. The minimum atomic E-state index is -0.764. The molecule has 0 aliphatic heterocycles. The zero-order valence-corrected chi connectivity index (χ0v) is 21.6. The molecule has 3 aromatic carbocycles. The van der Waals surface area contributed by atoms with Gasteiger partial charge in [-0.2, -0.15) is 0 Å². The molecule has 0 fully saturated rings. The molecule has 0 radical (unpaired) electrons. The van der Waals surface area contributed by atoms with Crippen LogP contribution in [0.4, 0.5) is 0 Å². The minimum absolute atomic E-state index is 0.0833. The maximum atomic E-state index is 13.6. The second kappa shape index (κ2) is 12.6. The van der Waals surface area contributed by atoms with Crippen molar-refractivity contribution in [3.05, 3.63) is 99.5 Å². The Morgan fingerprint density at radius 2 is 1.66 bits per heavy atom. The molecule has 0 spiro atoms. The number of halogens is 2. The molecule has 184 valence electrons. The summed E-state index contributed by atoms with van der Waals surface area (Å²) in [6.07, 6.45) is 0.348. The van der Waals surface area contributed by atoms with E-state index in [1.54, 1.807) is 18.2 Å². The fourth-order valence-electron chi connectivity index (χ4n) is 3.71. The topological polar surface area (TPSA) is 58.6 Å². The van der Waals surface area contributed by atoms with Gasteiger partial charge in [-0.1, -0.05) is 77.8 Å². The quantitative estimate of drug-likeness (QED) is 0.370. The summed E-state index contributed by atoms with van der Waals surface area (Å²) in [6, 6.07) is 21.4. The fraction of sp³-hybridized carbons (Fsp3) is 0.286. The Morgan fingerprint density at radius 3 is 2.31 bits per heavy atom. The number of nitrogens with zero attached hydrogens (tertiary/aromatic N) is 1. The summed E-state index contributed by atoms with van der Waals surface area (Å²) in [5.41, 5.74) is 2.55. The van der Waals surface area contributed by atoms with Gasteiger partial charge in [0.15, 0.2) is 6.61 Å². The van der Waals surface area contributed by atoms with Crippen LogP contribution in [0.3, 0.4) is 0 Å². The number of nitrogens with one attached hydrogen (secondary N) is 1. The summed E-state index contributed by atoms with van der Waals surface area (Å²) >= 11 is 12.5. The Bertz CT molecular complexity index is 1150. The lowest BCUT2D eigenvalue weighted by molar-refractivity contribution is -0.143. The van der Waals surface area contributed by atoms with Crippen molar-refractivity contribution in [3.8, 4) is 5.75 Å². The first-order valence-electron chi connectivity index (χ1n) is 11.5. The van der Waals surface area contributed by atoms with Crippen LogP contribution < -0.4 is 10.1 Å². The number of carbonyl (C=O) groups is 2. The maximum Gasteiger partial charge on any atom is 0.261 e. The van der Waals surface area contributed by atoms with Crippen molar-refractivity contribution in [2.75, 3.05) is 6.61 Å². The molecule has 0 aliphatic rings. The predicted octanol–water partition coefficient (Wildman–Crippen LogP) is 5.85. The number of aryl methyl sites for hydroxylation is 1. The van der Waals surface area contributed by atoms with Crippen LogP contribution in [0.1, 0.15) is 30.5 Å². The maximum absolute atomic E-state index is 13.6. The van der Waals surface area contributed by atoms with E-state index in [0.717, 1.165) is 11.1 Å². The van der Waals surface area contributed by atoms with Crippen LogP contribution in [-0.2, 0) is 22.6 Å². The van der Waals surface area contributed by atoms with Gasteiger partial charge in [-0.3, -0.25) is 9.59 Å². The van der Waals surface area contributed by atoms with Gasteiger partial charge in [-0.05, 0) is 55.7 Å². The lowest BCUT2D eigenvalue weighted by Crippen LogP contribution is -2.52. The molecule has 0 saturated heterocycles. The zero-order valence-electron chi connectivity index (χ0n) is 20.1. The number of para-hydroxylation sites is 1. The van der Waals surface area contributed by atoms with Gasteiger partial charge in [0.25, 0.3) is 5.91 Å². The molecule has 0 saturated carbocycles. The van der Waals surface area contributed by atoms with E-state index in [-0.39, 0.29) is 31.0 Å². The number of carbonyl (C=O) groups excluding carboxylic acids is 2. The van der Waals surface area contributed by atoms with E-state index in [1.807, 2.05) is 75.4 Å². The molecule has 2 amide bonds. The first kappa shape index (κ1) is 26.6. The average molecular weight is 513 g/mol. The molecule has 5 nitrogen and oxygen atoms in total. The van der Waals surface area contributed by atoms with Gasteiger partial charge >= 0.3 is 0 Å². The molecule has 0 bridgehead atoms. The molecule has 0 aromatic heterocycles. The minimum Gasteiger partial charge on any atom is -0.484 e. The lowest BCUT2D eigenvalue weighted by atomic mass is 10.0. The highest BCUT2D eigenvalue weighted by molar-refractivity contribution is 6.35. The Hall–Kier alpha value is -3.02. The summed E-state index contributed by atoms with van der Waals surface area (Å²) in [5, 5.41) is 3.89. The molecule has 35 heavy (non-hydrogen) atoms. The zero-order chi connectivity index (χ0) is 25.4. The number of benzene rings is 3. The van der Waals surface area contributed by atoms with Crippen LogP contribution >= 0.6 is 23.2 Å². The van der Waals surface area contributed by atoms with Crippen LogP contribution in [0.15, 0.2) is 72.8 Å². The van der Waals surface area contributed by atoms with Crippen molar-refractivity contribution in [3.63, 3.8) is 0 Å². The van der Waals surface area contributed by atoms with E-state index in [2.05, 4.69) is 5.32 Å². The number of ether oxygens (including phenoxy) is 1. The van der Waals surface area contributed by atoms with Crippen LogP contribution in [-0.4, -0.2) is 35.4 Å². The van der Waals surface area contributed by atoms with E-state index in [0.29, 0.717) is 27.8 Å². The lowest BCUT2D eigenvalue weighted by Gasteiger charge is -2.32. The van der Waals surface area contributed by atoms with Crippen molar-refractivity contribution in [2.45, 2.75) is 45.8 Å². The highest BCUT2D eigenvalue weighted by Gasteiger charge is 2.31. The molecule has 0 unspecified atom stereocenters. The standard InChI is InChI=1S/C28H30Cl2N2O3/c1-19(2)31-28(34)25(15-21-10-5-4-6-11-21)32(17-22-13-14-23(29)16-24(22)30)27(33)18-35-26-12-8-7-9-20(26)3/h4-14,16,19,25H,15,17-18H2,1-3H3,(H,31,34)/t25-/m1/s1. The molecule has 0 heterocycles. The largest absolute Gasteiger partial charge is 0.484 e. The van der Waals surface area contributed by atoms with Gasteiger partial charge in [0.2, 0.25) is 5.91 Å². The second-order valence-electron chi connectivity index (χ2n) is 8.68. The van der Waals surface area contributed by atoms with Gasteiger partial charge in [-0.15, -0.1) is 0 Å². The molecule has 3 aromatic rings. The van der Waals surface area contributed by atoms with Crippen molar-refractivity contribution >= 4 is 35.0 Å². The Morgan fingerprint density at radius 1 is 0.971 bits per heavy atom. The van der Waals surface area contributed by atoms with Crippen molar-refractivity contribution in [1.82, 2.24) is 10.2 Å². The van der Waals surface area contributed by atoms with Crippen LogP contribution in [0, 0.1) is 6.92 Å². The fourth-order valence-corrected chi connectivity index (χ4v) is 4.18. The van der Waals surface area contributed by atoms with Crippen molar-refractivity contribution in [1.29, 1.82) is 0 Å². The smallest absolute Gasteiger partial charge is 0.261 e. The summed E-state index contributed by atoms with van der Waals surface area (Å²) < 4.78 is 5.85. The van der Waals surface area contributed by atoms with Crippen molar-refractivity contribution in [2.24, 2.45) is 0 Å². The van der Waals surface area contributed by atoms with E-state index in [9.17, 15) is 9.59 Å². The molecule has 0 aliphatic carbocycles. The third kappa shape index (κ3) is 7.74. The average Bonchev–Trinajstić information content (AvgIpc) is 2.82. The summed E-state index contributed by atoms with van der Waals surface area (Å²) in [5.74, 6) is 0.0638. The first-order valence-corrected chi connectivity index (χ1v) is 12.3. The predicted molar refractivity (Wildman–Crippen MR) is 141 cm³/mol. The van der Waals surface area contributed by atoms with Crippen LogP contribution in [0.2, 0.25) is 10.0 Å². The Kier molecular flexibility index (Phi) is 9.58.